The lowest BCUT2D eigenvalue weighted by atomic mass is 10.2. The van der Waals surface area contributed by atoms with Crippen LogP contribution in [0.4, 0.5) is 5.69 Å². The Bertz CT molecular complexity index is 941. The standard InChI is InChI=1S/C15H12ClN3O2S/c1-10-5-6-14(17-8-10)22(20,21)19-13-4-2-3-11-7-12(16)9-18-15(11)13/h2-9,19H,1H3. The Morgan fingerprint density at radius 3 is 2.64 bits per heavy atom. The Kier molecular flexibility index (Phi) is 3.72. The number of hydrogen-bond donors (Lipinski definition) is 1. The quantitative estimate of drug-likeness (QED) is 0.797. The van der Waals surface area contributed by atoms with Crippen LogP contribution >= 0.6 is 11.6 Å². The van der Waals surface area contributed by atoms with Gasteiger partial charge >= 0.3 is 0 Å². The fraction of sp³-hybridized carbons (Fsp3) is 0.0667. The summed E-state index contributed by atoms with van der Waals surface area (Å²) in [5, 5.41) is 1.21. The number of pyridine rings is 2. The summed E-state index contributed by atoms with van der Waals surface area (Å²) >= 11 is 5.90. The number of aromatic nitrogens is 2. The predicted molar refractivity (Wildman–Crippen MR) is 86.5 cm³/mol. The van der Waals surface area contributed by atoms with Crippen molar-refractivity contribution < 1.29 is 8.42 Å². The zero-order valence-electron chi connectivity index (χ0n) is 11.6. The van der Waals surface area contributed by atoms with Gasteiger partial charge in [0, 0.05) is 17.8 Å². The zero-order valence-corrected chi connectivity index (χ0v) is 13.2. The maximum atomic E-state index is 12.4. The van der Waals surface area contributed by atoms with E-state index in [0.717, 1.165) is 10.9 Å². The number of para-hydroxylation sites is 1. The molecule has 0 bridgehead atoms. The molecular weight excluding hydrogens is 322 g/mol. The molecule has 22 heavy (non-hydrogen) atoms. The van der Waals surface area contributed by atoms with Crippen molar-refractivity contribution in [3.05, 3.63) is 59.4 Å². The van der Waals surface area contributed by atoms with E-state index in [1.807, 2.05) is 13.0 Å². The van der Waals surface area contributed by atoms with Crippen LogP contribution in [0.25, 0.3) is 10.9 Å². The highest BCUT2D eigenvalue weighted by molar-refractivity contribution is 7.92. The number of fused-ring (bicyclic) bond motifs is 1. The number of nitrogens with zero attached hydrogens (tertiary/aromatic N) is 2. The second-order valence-corrected chi connectivity index (χ2v) is 6.88. The van der Waals surface area contributed by atoms with Gasteiger partial charge < -0.3 is 0 Å². The zero-order chi connectivity index (χ0) is 15.7. The third-order valence-corrected chi connectivity index (χ3v) is 4.57. The number of aryl methyl sites for hydroxylation is 1. The normalized spacial score (nSPS) is 11.5. The van der Waals surface area contributed by atoms with E-state index >= 15 is 0 Å². The van der Waals surface area contributed by atoms with Gasteiger partial charge in [-0.05, 0) is 30.7 Å². The fourth-order valence-electron chi connectivity index (χ4n) is 2.03. The second kappa shape index (κ2) is 5.55. The van der Waals surface area contributed by atoms with Crippen molar-refractivity contribution in [2.75, 3.05) is 4.72 Å². The summed E-state index contributed by atoms with van der Waals surface area (Å²) in [6, 6.07) is 10.1. The van der Waals surface area contributed by atoms with Crippen LogP contribution < -0.4 is 4.72 Å². The second-order valence-electron chi connectivity index (χ2n) is 4.81. The Hall–Kier alpha value is -2.18. The molecule has 7 heteroatoms. The summed E-state index contributed by atoms with van der Waals surface area (Å²) in [7, 11) is -3.77. The fourth-order valence-corrected chi connectivity index (χ4v) is 3.19. The van der Waals surface area contributed by atoms with E-state index in [1.165, 1.54) is 18.5 Å². The lowest BCUT2D eigenvalue weighted by Gasteiger charge is -2.10. The van der Waals surface area contributed by atoms with Crippen molar-refractivity contribution in [2.24, 2.45) is 0 Å². The van der Waals surface area contributed by atoms with Gasteiger partial charge in [0.05, 0.1) is 16.2 Å². The predicted octanol–water partition coefficient (Wildman–Crippen LogP) is 3.39. The molecule has 0 saturated carbocycles. The van der Waals surface area contributed by atoms with Gasteiger partial charge in [-0.3, -0.25) is 9.71 Å². The Morgan fingerprint density at radius 1 is 1.09 bits per heavy atom. The minimum Gasteiger partial charge on any atom is -0.276 e. The molecule has 0 aliphatic rings. The first-order valence-corrected chi connectivity index (χ1v) is 8.31. The van der Waals surface area contributed by atoms with Crippen molar-refractivity contribution in [2.45, 2.75) is 11.9 Å². The van der Waals surface area contributed by atoms with Gasteiger partial charge in [0.2, 0.25) is 0 Å². The molecule has 0 radical (unpaired) electrons. The van der Waals surface area contributed by atoms with Crippen molar-refractivity contribution in [1.29, 1.82) is 0 Å². The highest BCUT2D eigenvalue weighted by Crippen LogP contribution is 2.25. The van der Waals surface area contributed by atoms with Crippen LogP contribution in [0.15, 0.2) is 53.8 Å². The molecule has 2 heterocycles. The van der Waals surface area contributed by atoms with Gasteiger partial charge in [0.1, 0.15) is 0 Å². The van der Waals surface area contributed by atoms with Crippen LogP contribution in [0.1, 0.15) is 5.56 Å². The Morgan fingerprint density at radius 2 is 1.91 bits per heavy atom. The largest absolute Gasteiger partial charge is 0.279 e. The SMILES string of the molecule is Cc1ccc(S(=O)(=O)Nc2cccc3cc(Cl)cnc23)nc1. The number of rotatable bonds is 3. The van der Waals surface area contributed by atoms with Crippen LogP contribution in [0.2, 0.25) is 5.02 Å². The number of hydrogen-bond acceptors (Lipinski definition) is 4. The molecule has 112 valence electrons. The summed E-state index contributed by atoms with van der Waals surface area (Å²) in [6.07, 6.45) is 2.99. The van der Waals surface area contributed by atoms with Crippen molar-refractivity contribution >= 4 is 38.2 Å². The minimum absolute atomic E-state index is 0.0379. The molecule has 1 N–H and O–H groups in total. The van der Waals surface area contributed by atoms with Crippen molar-refractivity contribution in [3.8, 4) is 0 Å². The van der Waals surface area contributed by atoms with E-state index in [2.05, 4.69) is 14.7 Å². The first-order chi connectivity index (χ1) is 10.5. The molecule has 0 aliphatic heterocycles. The summed E-state index contributed by atoms with van der Waals surface area (Å²) in [6.45, 7) is 1.84. The maximum absolute atomic E-state index is 12.4. The molecule has 3 aromatic rings. The third-order valence-electron chi connectivity index (χ3n) is 3.08. The molecular formula is C15H12ClN3O2S. The molecule has 2 aromatic heterocycles. The molecule has 5 nitrogen and oxygen atoms in total. The number of nitrogens with one attached hydrogen (secondary N) is 1. The average molecular weight is 334 g/mol. The van der Waals surface area contributed by atoms with Crippen LogP contribution in [0, 0.1) is 6.92 Å². The van der Waals surface area contributed by atoms with E-state index in [1.54, 1.807) is 24.3 Å². The number of anilines is 1. The molecule has 0 atom stereocenters. The molecule has 1 aromatic carbocycles. The van der Waals surface area contributed by atoms with Crippen LogP contribution in [0.5, 0.6) is 0 Å². The molecule has 3 rings (SSSR count). The monoisotopic (exact) mass is 333 g/mol. The van der Waals surface area contributed by atoms with Gasteiger partial charge in [0.15, 0.2) is 5.03 Å². The van der Waals surface area contributed by atoms with Crippen molar-refractivity contribution in [1.82, 2.24) is 9.97 Å². The molecule has 0 saturated heterocycles. The van der Waals surface area contributed by atoms with Gasteiger partial charge in [-0.25, -0.2) is 4.98 Å². The number of benzene rings is 1. The van der Waals surface area contributed by atoms with Gasteiger partial charge in [-0.15, -0.1) is 0 Å². The molecule has 0 unspecified atom stereocenters. The number of sulfonamides is 1. The van der Waals surface area contributed by atoms with Crippen LogP contribution in [-0.4, -0.2) is 18.4 Å². The van der Waals surface area contributed by atoms with E-state index in [0.29, 0.717) is 16.2 Å². The van der Waals surface area contributed by atoms with E-state index in [9.17, 15) is 8.42 Å². The van der Waals surface area contributed by atoms with Crippen LogP contribution in [-0.2, 0) is 10.0 Å². The number of halogens is 1. The highest BCUT2D eigenvalue weighted by atomic mass is 35.5. The lowest BCUT2D eigenvalue weighted by molar-refractivity contribution is 0.597. The topological polar surface area (TPSA) is 72.0 Å². The first kappa shape index (κ1) is 14.7. The summed E-state index contributed by atoms with van der Waals surface area (Å²) in [4.78, 5) is 8.14. The summed E-state index contributed by atoms with van der Waals surface area (Å²) < 4.78 is 27.3. The van der Waals surface area contributed by atoms with Gasteiger partial charge in [-0.1, -0.05) is 29.8 Å². The van der Waals surface area contributed by atoms with Crippen molar-refractivity contribution in [3.63, 3.8) is 0 Å². The minimum atomic E-state index is -3.77. The summed E-state index contributed by atoms with van der Waals surface area (Å²) in [5.41, 5.74) is 1.81. The highest BCUT2D eigenvalue weighted by Gasteiger charge is 2.17. The van der Waals surface area contributed by atoms with E-state index in [4.69, 9.17) is 11.6 Å². The smallest absolute Gasteiger partial charge is 0.276 e. The van der Waals surface area contributed by atoms with E-state index in [-0.39, 0.29) is 5.03 Å². The lowest BCUT2D eigenvalue weighted by Crippen LogP contribution is -2.14. The molecule has 0 fully saturated rings. The van der Waals surface area contributed by atoms with Gasteiger partial charge in [-0.2, -0.15) is 8.42 Å². The third kappa shape index (κ3) is 2.88. The summed E-state index contributed by atoms with van der Waals surface area (Å²) in [5.74, 6) is 0. The van der Waals surface area contributed by atoms with Gasteiger partial charge in [0.25, 0.3) is 10.0 Å². The maximum Gasteiger partial charge on any atom is 0.279 e. The van der Waals surface area contributed by atoms with Crippen LogP contribution in [0.3, 0.4) is 0 Å². The van der Waals surface area contributed by atoms with E-state index < -0.39 is 10.0 Å². The average Bonchev–Trinajstić information content (AvgIpc) is 2.47. The first-order valence-electron chi connectivity index (χ1n) is 6.45. The molecule has 0 spiro atoms. The molecule has 0 amide bonds. The molecule has 0 aliphatic carbocycles. The Labute approximate surface area is 133 Å². The Balaban J connectivity index is 2.04.